The molecule has 1 aliphatic rings. The van der Waals surface area contributed by atoms with E-state index in [0.29, 0.717) is 5.17 Å². The zero-order valence-electron chi connectivity index (χ0n) is 10.5. The lowest BCUT2D eigenvalue weighted by atomic mass is 10.00. The first kappa shape index (κ1) is 17.6. The Hall–Kier alpha value is -0.420. The average molecular weight is 308 g/mol. The van der Waals surface area contributed by atoms with Crippen LogP contribution in [0.2, 0.25) is 0 Å². The molecule has 102 valence electrons. The third-order valence-corrected chi connectivity index (χ3v) is 3.35. The Labute approximate surface area is 125 Å². The van der Waals surface area contributed by atoms with Gasteiger partial charge in [-0.05, 0) is 43.0 Å². The number of fused-ring (bicyclic) bond motifs is 1. The fourth-order valence-corrected chi connectivity index (χ4v) is 2.12. The molecule has 0 unspecified atom stereocenters. The Morgan fingerprint density at radius 1 is 1.33 bits per heavy atom. The number of nitrogens with two attached hydrogens (primary N) is 1. The SMILES string of the molecule is CSC(N)=Nc1ccc2c(c1)CN(C)CC2.Cl.Cl. The van der Waals surface area contributed by atoms with Gasteiger partial charge in [0.25, 0.3) is 0 Å². The molecule has 1 aliphatic heterocycles. The van der Waals surface area contributed by atoms with Gasteiger partial charge in [0.05, 0.1) is 5.69 Å². The summed E-state index contributed by atoms with van der Waals surface area (Å²) in [6.07, 6.45) is 3.07. The van der Waals surface area contributed by atoms with Crippen molar-refractivity contribution in [2.45, 2.75) is 13.0 Å². The largest absolute Gasteiger partial charge is 0.378 e. The highest BCUT2D eigenvalue weighted by Crippen LogP contribution is 2.23. The molecular formula is C12H19Cl2N3S. The molecule has 0 spiro atoms. The summed E-state index contributed by atoms with van der Waals surface area (Å²) < 4.78 is 0. The lowest BCUT2D eigenvalue weighted by molar-refractivity contribution is 0.313. The van der Waals surface area contributed by atoms with E-state index in [4.69, 9.17) is 5.73 Å². The van der Waals surface area contributed by atoms with Crippen LogP contribution in [0.15, 0.2) is 23.2 Å². The molecule has 1 aromatic rings. The minimum Gasteiger partial charge on any atom is -0.378 e. The van der Waals surface area contributed by atoms with Crippen molar-refractivity contribution in [1.29, 1.82) is 0 Å². The third kappa shape index (κ3) is 4.35. The van der Waals surface area contributed by atoms with E-state index in [-0.39, 0.29) is 24.8 Å². The van der Waals surface area contributed by atoms with E-state index < -0.39 is 0 Å². The Morgan fingerprint density at radius 2 is 2.06 bits per heavy atom. The number of benzene rings is 1. The molecule has 0 bridgehead atoms. The van der Waals surface area contributed by atoms with Gasteiger partial charge in [0.2, 0.25) is 0 Å². The highest BCUT2D eigenvalue weighted by Gasteiger charge is 2.12. The highest BCUT2D eigenvalue weighted by molar-refractivity contribution is 8.13. The van der Waals surface area contributed by atoms with E-state index in [2.05, 4.69) is 29.1 Å². The number of likely N-dealkylation sites (N-methyl/N-ethyl adjacent to an activating group) is 1. The summed E-state index contributed by atoms with van der Waals surface area (Å²) in [5.41, 5.74) is 9.49. The summed E-state index contributed by atoms with van der Waals surface area (Å²) in [6, 6.07) is 6.37. The summed E-state index contributed by atoms with van der Waals surface area (Å²) in [4.78, 5) is 6.68. The monoisotopic (exact) mass is 307 g/mol. The van der Waals surface area contributed by atoms with Gasteiger partial charge in [0.1, 0.15) is 0 Å². The van der Waals surface area contributed by atoms with Crippen LogP contribution in [0.4, 0.5) is 5.69 Å². The molecule has 1 aromatic carbocycles. The summed E-state index contributed by atoms with van der Waals surface area (Å²) in [7, 11) is 2.15. The molecule has 3 nitrogen and oxygen atoms in total. The summed E-state index contributed by atoms with van der Waals surface area (Å²) in [5, 5.41) is 0.615. The van der Waals surface area contributed by atoms with Crippen LogP contribution in [0, 0.1) is 0 Å². The van der Waals surface area contributed by atoms with Crippen molar-refractivity contribution >= 4 is 47.4 Å². The molecule has 18 heavy (non-hydrogen) atoms. The predicted octanol–water partition coefficient (Wildman–Crippen LogP) is 2.83. The Balaban J connectivity index is 0.00000144. The van der Waals surface area contributed by atoms with Gasteiger partial charge in [0.15, 0.2) is 5.17 Å². The Kier molecular flexibility index (Phi) is 7.71. The maximum atomic E-state index is 5.71. The van der Waals surface area contributed by atoms with Crippen LogP contribution in [0.3, 0.4) is 0 Å². The van der Waals surface area contributed by atoms with Crippen molar-refractivity contribution in [3.05, 3.63) is 29.3 Å². The third-order valence-electron chi connectivity index (χ3n) is 2.84. The fourth-order valence-electron chi connectivity index (χ4n) is 1.93. The molecule has 0 fully saturated rings. The smallest absolute Gasteiger partial charge is 0.158 e. The number of rotatable bonds is 1. The van der Waals surface area contributed by atoms with Crippen LogP contribution in [0.25, 0.3) is 0 Å². The molecule has 0 saturated carbocycles. The second kappa shape index (κ2) is 7.89. The van der Waals surface area contributed by atoms with Gasteiger partial charge < -0.3 is 10.6 Å². The van der Waals surface area contributed by atoms with Crippen molar-refractivity contribution in [3.63, 3.8) is 0 Å². The number of aliphatic imine (C=N–C) groups is 1. The Morgan fingerprint density at radius 3 is 2.72 bits per heavy atom. The Bertz CT molecular complexity index is 424. The van der Waals surface area contributed by atoms with Gasteiger partial charge in [-0.3, -0.25) is 0 Å². The molecular weight excluding hydrogens is 289 g/mol. The normalized spacial score (nSPS) is 15.3. The number of hydrogen-bond donors (Lipinski definition) is 1. The second-order valence-corrected chi connectivity index (χ2v) is 4.92. The van der Waals surface area contributed by atoms with Crippen molar-refractivity contribution < 1.29 is 0 Å². The van der Waals surface area contributed by atoms with E-state index in [1.54, 1.807) is 0 Å². The number of hydrogen-bond acceptors (Lipinski definition) is 3. The maximum Gasteiger partial charge on any atom is 0.158 e. The van der Waals surface area contributed by atoms with Crippen molar-refractivity contribution in [1.82, 2.24) is 4.90 Å². The molecule has 2 rings (SSSR count). The highest BCUT2D eigenvalue weighted by atomic mass is 35.5. The molecule has 0 radical (unpaired) electrons. The van der Waals surface area contributed by atoms with Crippen LogP contribution >= 0.6 is 36.6 Å². The van der Waals surface area contributed by atoms with Gasteiger partial charge in [-0.1, -0.05) is 17.8 Å². The summed E-state index contributed by atoms with van der Waals surface area (Å²) in [5.74, 6) is 0. The van der Waals surface area contributed by atoms with Gasteiger partial charge in [-0.2, -0.15) is 0 Å². The van der Waals surface area contributed by atoms with E-state index in [1.165, 1.54) is 22.9 Å². The number of amidine groups is 1. The van der Waals surface area contributed by atoms with Crippen LogP contribution in [-0.4, -0.2) is 29.9 Å². The fraction of sp³-hybridized carbons (Fsp3) is 0.417. The molecule has 2 N–H and O–H groups in total. The average Bonchev–Trinajstić information content (AvgIpc) is 2.28. The van der Waals surface area contributed by atoms with Gasteiger partial charge in [-0.15, -0.1) is 24.8 Å². The number of halogens is 2. The van der Waals surface area contributed by atoms with Crippen LogP contribution < -0.4 is 5.73 Å². The van der Waals surface area contributed by atoms with Gasteiger partial charge in [-0.25, -0.2) is 4.99 Å². The molecule has 6 heteroatoms. The molecule has 0 aromatic heterocycles. The van der Waals surface area contributed by atoms with Crippen LogP contribution in [0.1, 0.15) is 11.1 Å². The molecule has 0 aliphatic carbocycles. The van der Waals surface area contributed by atoms with Gasteiger partial charge >= 0.3 is 0 Å². The van der Waals surface area contributed by atoms with Crippen molar-refractivity contribution in [2.24, 2.45) is 10.7 Å². The molecule has 0 saturated heterocycles. The van der Waals surface area contributed by atoms with Gasteiger partial charge in [0, 0.05) is 13.1 Å². The van der Waals surface area contributed by atoms with Crippen molar-refractivity contribution in [2.75, 3.05) is 19.8 Å². The summed E-state index contributed by atoms with van der Waals surface area (Å²) in [6.45, 7) is 2.15. The topological polar surface area (TPSA) is 41.6 Å². The minimum atomic E-state index is 0. The quantitative estimate of drug-likeness (QED) is 0.641. The van der Waals surface area contributed by atoms with E-state index in [9.17, 15) is 0 Å². The number of nitrogens with zero attached hydrogens (tertiary/aromatic N) is 2. The van der Waals surface area contributed by atoms with E-state index in [0.717, 1.165) is 25.2 Å². The predicted molar refractivity (Wildman–Crippen MR) is 85.8 cm³/mol. The molecule has 0 atom stereocenters. The lowest BCUT2D eigenvalue weighted by Gasteiger charge is -2.24. The molecule has 1 heterocycles. The second-order valence-electron chi connectivity index (χ2n) is 4.09. The minimum absolute atomic E-state index is 0. The van der Waals surface area contributed by atoms with Crippen LogP contribution in [-0.2, 0) is 13.0 Å². The first-order valence-corrected chi connectivity index (χ1v) is 6.60. The maximum absolute atomic E-state index is 5.71. The zero-order chi connectivity index (χ0) is 11.5. The lowest BCUT2D eigenvalue weighted by Crippen LogP contribution is -2.26. The molecule has 0 amide bonds. The standard InChI is InChI=1S/C12H17N3S.2ClH/c1-15-6-5-9-3-4-11(7-10(9)8-15)14-12(13)16-2;;/h3-4,7H,5-6,8H2,1-2H3,(H2,13,14);2*1H. The summed E-state index contributed by atoms with van der Waals surface area (Å²) >= 11 is 1.47. The zero-order valence-corrected chi connectivity index (χ0v) is 13.0. The first-order valence-electron chi connectivity index (χ1n) is 5.37. The number of thioether (sulfide) groups is 1. The van der Waals surface area contributed by atoms with Crippen LogP contribution in [0.5, 0.6) is 0 Å². The van der Waals surface area contributed by atoms with E-state index >= 15 is 0 Å². The van der Waals surface area contributed by atoms with Crippen molar-refractivity contribution in [3.8, 4) is 0 Å². The van der Waals surface area contributed by atoms with E-state index in [1.807, 2.05) is 12.3 Å². The first-order chi connectivity index (χ1) is 7.69.